The van der Waals surface area contributed by atoms with Crippen molar-refractivity contribution in [3.8, 4) is 0 Å². The molecular weight excluding hydrogens is 709 g/mol. The Balaban J connectivity index is 0.00000226. The Morgan fingerprint density at radius 3 is 1.39 bits per heavy atom. The van der Waals surface area contributed by atoms with E-state index in [-0.39, 0.29) is 17.6 Å². The number of amides is 2. The number of esters is 4. The van der Waals surface area contributed by atoms with Crippen LogP contribution < -0.4 is 10.6 Å². The Morgan fingerprint density at radius 2 is 1.06 bits per heavy atom. The average Bonchev–Trinajstić information content (AvgIpc) is 3.15. The smallest absolute Gasteiger partial charge is 0.328 e. The number of carbonyl (C=O) groups excluding carboxylic acids is 6. The van der Waals surface area contributed by atoms with Crippen LogP contribution in [0.25, 0.3) is 21.8 Å². The topological polar surface area (TPSA) is 226 Å². The lowest BCUT2D eigenvalue weighted by Crippen LogP contribution is -2.43. The Kier molecular flexibility index (Phi) is 15.1. The van der Waals surface area contributed by atoms with Gasteiger partial charge < -0.3 is 34.7 Å². The van der Waals surface area contributed by atoms with Crippen molar-refractivity contribution in [3.63, 3.8) is 0 Å². The van der Waals surface area contributed by atoms with Gasteiger partial charge in [0.1, 0.15) is 12.1 Å². The number of fused-ring (bicyclic) bond motifs is 2. The van der Waals surface area contributed by atoms with Crippen LogP contribution in [0.2, 0.25) is 0 Å². The minimum Gasteiger partial charge on any atom is -0.483 e. The predicted octanol–water partition coefficient (Wildman–Crippen LogP) is 2.95. The van der Waals surface area contributed by atoms with Crippen molar-refractivity contribution in [3.05, 3.63) is 72.1 Å². The number of para-hydroxylation sites is 2. The quantitative estimate of drug-likeness (QED) is 0.0775. The van der Waals surface area contributed by atoms with E-state index in [1.165, 1.54) is 48.2 Å². The first-order valence-corrected chi connectivity index (χ1v) is 16.8. The molecule has 2 aromatic carbocycles. The van der Waals surface area contributed by atoms with Gasteiger partial charge in [0.05, 0.1) is 63.4 Å². The lowest BCUT2D eigenvalue weighted by atomic mass is 10.1. The molecule has 0 saturated heterocycles. The SMILES string of the molecule is COC(=O)C[C@H](NC(=O)c1cnc2c(SSc3cccc4cc(C(=O)N[C@@H](CC(=O)OC)C(=O)OC)cnc34)cccc2c1)C(=O)OC.O=CO. The number of hydrogen-bond donors (Lipinski definition) is 3. The fraction of sp³-hybridized carbons (Fsp3) is 0.242. The van der Waals surface area contributed by atoms with E-state index >= 15 is 0 Å². The van der Waals surface area contributed by atoms with Crippen LogP contribution in [0, 0.1) is 0 Å². The molecule has 18 heteroatoms. The van der Waals surface area contributed by atoms with E-state index in [2.05, 4.69) is 30.1 Å². The Morgan fingerprint density at radius 1 is 0.686 bits per heavy atom. The zero-order valence-corrected chi connectivity index (χ0v) is 29.2. The molecule has 0 bridgehead atoms. The van der Waals surface area contributed by atoms with E-state index < -0.39 is 60.6 Å². The molecule has 51 heavy (non-hydrogen) atoms. The fourth-order valence-corrected chi connectivity index (χ4v) is 6.68. The van der Waals surface area contributed by atoms with E-state index in [1.807, 2.05) is 24.3 Å². The Bertz CT molecular complexity index is 1810. The monoisotopic (exact) mass is 740 g/mol. The third-order valence-electron chi connectivity index (χ3n) is 6.87. The molecule has 0 saturated carbocycles. The lowest BCUT2D eigenvalue weighted by molar-refractivity contribution is -0.149. The highest BCUT2D eigenvalue weighted by Gasteiger charge is 2.27. The lowest BCUT2D eigenvalue weighted by Gasteiger charge is -2.15. The van der Waals surface area contributed by atoms with Crippen LogP contribution in [-0.4, -0.2) is 97.8 Å². The van der Waals surface area contributed by atoms with E-state index in [0.717, 1.165) is 24.0 Å². The highest BCUT2D eigenvalue weighted by molar-refractivity contribution is 8.76. The molecular formula is C33H32N4O12S2. The van der Waals surface area contributed by atoms with Crippen molar-refractivity contribution in [1.82, 2.24) is 20.6 Å². The maximum Gasteiger partial charge on any atom is 0.328 e. The third-order valence-corrected chi connectivity index (χ3v) is 9.30. The maximum atomic E-state index is 12.9. The molecule has 4 rings (SSSR count). The first-order chi connectivity index (χ1) is 24.5. The number of nitrogens with one attached hydrogen (secondary N) is 2. The molecule has 2 aromatic heterocycles. The van der Waals surface area contributed by atoms with Gasteiger partial charge in [-0.1, -0.05) is 45.9 Å². The van der Waals surface area contributed by atoms with Crippen molar-refractivity contribution in [2.75, 3.05) is 28.4 Å². The van der Waals surface area contributed by atoms with Gasteiger partial charge in [0.25, 0.3) is 18.3 Å². The summed E-state index contributed by atoms with van der Waals surface area (Å²) in [5.41, 5.74) is 1.62. The molecule has 0 aliphatic rings. The fourth-order valence-electron chi connectivity index (χ4n) is 4.39. The summed E-state index contributed by atoms with van der Waals surface area (Å²) in [6.45, 7) is -0.250. The number of carbonyl (C=O) groups is 7. The molecule has 2 heterocycles. The first-order valence-electron chi connectivity index (χ1n) is 14.6. The van der Waals surface area contributed by atoms with Crippen molar-refractivity contribution in [1.29, 1.82) is 0 Å². The molecule has 16 nitrogen and oxygen atoms in total. The minimum absolute atomic E-state index is 0.178. The number of hydrogen-bond acceptors (Lipinski definition) is 15. The van der Waals surface area contributed by atoms with Crippen LogP contribution in [0.5, 0.6) is 0 Å². The molecule has 0 radical (unpaired) electrons. The normalized spacial score (nSPS) is 11.5. The summed E-state index contributed by atoms with van der Waals surface area (Å²) in [6.07, 6.45) is 1.97. The van der Waals surface area contributed by atoms with Gasteiger partial charge in [-0.25, -0.2) is 9.59 Å². The molecule has 0 unspecified atom stereocenters. The zero-order chi connectivity index (χ0) is 37.5. The predicted molar refractivity (Wildman–Crippen MR) is 184 cm³/mol. The minimum atomic E-state index is -1.23. The van der Waals surface area contributed by atoms with Crippen molar-refractivity contribution < 1.29 is 57.6 Å². The van der Waals surface area contributed by atoms with Crippen LogP contribution in [0.4, 0.5) is 0 Å². The van der Waals surface area contributed by atoms with Crippen LogP contribution >= 0.6 is 21.6 Å². The molecule has 3 N–H and O–H groups in total. The standard InChI is InChI=1S/C32H30N4O10S2.CH2O2/c1-43-25(37)13-21(31(41)45-3)35-29(39)19-11-17-7-5-9-23(27(17)33-15-19)47-48-24-10-6-8-18-12-20(16-34-28(18)24)30(40)36-22(32(42)46-4)14-26(38)44-2;2-1-3/h5-12,15-16,21-22H,13-14H2,1-4H3,(H,35,39)(H,36,40);1H,(H,2,3)/t21-,22-;/m0./s1. The van der Waals surface area contributed by atoms with Gasteiger partial charge in [-0.3, -0.25) is 33.9 Å². The number of carboxylic acid groups (broad SMARTS) is 1. The number of benzene rings is 2. The molecule has 2 amide bonds. The van der Waals surface area contributed by atoms with Crippen LogP contribution in [0.3, 0.4) is 0 Å². The van der Waals surface area contributed by atoms with E-state index in [9.17, 15) is 28.8 Å². The van der Waals surface area contributed by atoms with E-state index in [4.69, 9.17) is 19.4 Å². The van der Waals surface area contributed by atoms with Crippen molar-refractivity contribution in [2.24, 2.45) is 0 Å². The Labute approximate surface area is 298 Å². The summed E-state index contributed by atoms with van der Waals surface area (Å²) in [7, 11) is 7.49. The molecule has 2 atom stereocenters. The van der Waals surface area contributed by atoms with Gasteiger partial charge in [-0.05, 0) is 24.3 Å². The second kappa shape index (κ2) is 19.4. The number of methoxy groups -OCH3 is 4. The third kappa shape index (κ3) is 10.9. The molecule has 0 spiro atoms. The van der Waals surface area contributed by atoms with Gasteiger partial charge >= 0.3 is 23.9 Å². The number of rotatable bonds is 13. The van der Waals surface area contributed by atoms with Crippen LogP contribution in [0.1, 0.15) is 33.6 Å². The maximum absolute atomic E-state index is 12.9. The average molecular weight is 741 g/mol. The molecule has 4 aromatic rings. The van der Waals surface area contributed by atoms with E-state index in [0.29, 0.717) is 21.8 Å². The number of pyridine rings is 2. The first kappa shape index (κ1) is 39.7. The van der Waals surface area contributed by atoms with Crippen LogP contribution in [-0.2, 0) is 42.9 Å². The summed E-state index contributed by atoms with van der Waals surface area (Å²) >= 11 is 0. The largest absolute Gasteiger partial charge is 0.483 e. The second-order valence-electron chi connectivity index (χ2n) is 10.0. The van der Waals surface area contributed by atoms with Gasteiger partial charge in [-0.15, -0.1) is 0 Å². The highest BCUT2D eigenvalue weighted by atomic mass is 33.1. The number of ether oxygens (including phenoxy) is 4. The van der Waals surface area contributed by atoms with Crippen LogP contribution in [0.15, 0.2) is 70.7 Å². The number of aromatic nitrogens is 2. The molecule has 0 aliphatic carbocycles. The molecule has 0 fully saturated rings. The van der Waals surface area contributed by atoms with Gasteiger partial charge in [0, 0.05) is 33.0 Å². The van der Waals surface area contributed by atoms with E-state index in [1.54, 1.807) is 24.3 Å². The number of nitrogens with zero attached hydrogens (tertiary/aromatic N) is 2. The highest BCUT2D eigenvalue weighted by Crippen LogP contribution is 2.42. The van der Waals surface area contributed by atoms with Gasteiger partial charge in [0.15, 0.2) is 0 Å². The van der Waals surface area contributed by atoms with Crippen molar-refractivity contribution in [2.45, 2.75) is 34.7 Å². The summed E-state index contributed by atoms with van der Waals surface area (Å²) in [5.74, 6) is -4.18. The molecule has 0 aliphatic heterocycles. The second-order valence-corrected chi connectivity index (χ2v) is 12.2. The molecule has 268 valence electrons. The van der Waals surface area contributed by atoms with Crippen molar-refractivity contribution >= 4 is 85.6 Å². The summed E-state index contributed by atoms with van der Waals surface area (Å²) < 4.78 is 18.6. The summed E-state index contributed by atoms with van der Waals surface area (Å²) in [6, 6.07) is 11.8. The summed E-state index contributed by atoms with van der Waals surface area (Å²) in [5, 5.41) is 13.2. The Hall–Kier alpha value is -5.75. The van der Waals surface area contributed by atoms with Gasteiger partial charge in [-0.2, -0.15) is 0 Å². The van der Waals surface area contributed by atoms with Gasteiger partial charge in [0.2, 0.25) is 0 Å². The summed E-state index contributed by atoms with van der Waals surface area (Å²) in [4.78, 5) is 92.4. The zero-order valence-electron chi connectivity index (χ0n) is 27.6.